The van der Waals surface area contributed by atoms with Gasteiger partial charge in [-0.3, -0.25) is 15.0 Å². The molecule has 1 heterocycles. The maximum atomic E-state index is 11.0. The summed E-state index contributed by atoms with van der Waals surface area (Å²) in [6, 6.07) is -1.39. The van der Waals surface area contributed by atoms with Crippen LogP contribution in [-0.2, 0) is 5.72 Å². The molecule has 1 rings (SSSR count). The third-order valence-electron chi connectivity index (χ3n) is 2.97. The molecule has 0 aromatic carbocycles. The van der Waals surface area contributed by atoms with Crippen molar-refractivity contribution in [3.05, 3.63) is 28.3 Å². The number of aliphatic hydroxyl groups is 3. The van der Waals surface area contributed by atoms with Gasteiger partial charge in [-0.05, 0) is 0 Å². The fourth-order valence-electron chi connectivity index (χ4n) is 1.92. The summed E-state index contributed by atoms with van der Waals surface area (Å²) in [5, 5.41) is 39.7. The summed E-state index contributed by atoms with van der Waals surface area (Å²) in [6.07, 6.45) is 2.80. The molecule has 9 heteroatoms. The summed E-state index contributed by atoms with van der Waals surface area (Å²) >= 11 is 0. The van der Waals surface area contributed by atoms with Crippen LogP contribution in [0, 0.1) is 10.1 Å². The van der Waals surface area contributed by atoms with E-state index >= 15 is 0 Å². The molecule has 0 fully saturated rings. The number of nitrogens with zero attached hydrogens (tertiary/aromatic N) is 3. The Morgan fingerprint density at radius 1 is 1.53 bits per heavy atom. The first kappa shape index (κ1) is 15.5. The number of rotatable bonds is 8. The van der Waals surface area contributed by atoms with E-state index in [1.165, 1.54) is 24.2 Å². The molecule has 0 spiro atoms. The van der Waals surface area contributed by atoms with Crippen molar-refractivity contribution in [3.8, 4) is 0 Å². The van der Waals surface area contributed by atoms with Crippen molar-refractivity contribution < 1.29 is 20.2 Å². The first-order valence-corrected chi connectivity index (χ1v) is 5.81. The van der Waals surface area contributed by atoms with Crippen LogP contribution in [0.1, 0.15) is 12.7 Å². The van der Waals surface area contributed by atoms with Gasteiger partial charge in [-0.2, -0.15) is 0 Å². The minimum atomic E-state index is -2.03. The van der Waals surface area contributed by atoms with Gasteiger partial charge in [-0.1, -0.05) is 0 Å². The molecule has 2 unspecified atom stereocenters. The Kier molecular flexibility index (Phi) is 5.36. The number of nitro groups is 1. The molecule has 0 aliphatic rings. The number of H-pyrrole nitrogens is 1. The van der Waals surface area contributed by atoms with Crippen molar-refractivity contribution in [3.63, 3.8) is 0 Å². The lowest BCUT2D eigenvalue weighted by Gasteiger charge is -2.37. The van der Waals surface area contributed by atoms with Crippen LogP contribution >= 0.6 is 0 Å². The van der Waals surface area contributed by atoms with Crippen LogP contribution in [0.2, 0.25) is 0 Å². The molecule has 0 aliphatic carbocycles. The molecule has 0 radical (unpaired) electrons. The van der Waals surface area contributed by atoms with Gasteiger partial charge in [0.1, 0.15) is 0 Å². The Labute approximate surface area is 109 Å². The summed E-state index contributed by atoms with van der Waals surface area (Å²) in [7, 11) is 0. The molecular formula is C10H18N4O5. The smallest absolute Gasteiger partial charge is 0.259 e. The van der Waals surface area contributed by atoms with Crippen molar-refractivity contribution in [2.24, 2.45) is 0 Å². The van der Waals surface area contributed by atoms with E-state index in [0.717, 1.165) is 0 Å². The van der Waals surface area contributed by atoms with Crippen LogP contribution in [0.3, 0.4) is 0 Å². The van der Waals surface area contributed by atoms with E-state index in [9.17, 15) is 15.2 Å². The number of aromatic amines is 1. The first-order chi connectivity index (χ1) is 8.98. The van der Waals surface area contributed by atoms with Crippen LogP contribution in [0.5, 0.6) is 0 Å². The minimum Gasteiger partial charge on any atom is -0.395 e. The zero-order chi connectivity index (χ0) is 14.5. The molecule has 0 aliphatic heterocycles. The third kappa shape index (κ3) is 3.07. The lowest BCUT2D eigenvalue weighted by atomic mass is 10.0. The van der Waals surface area contributed by atoms with Gasteiger partial charge in [0.05, 0.1) is 13.2 Å². The van der Waals surface area contributed by atoms with Gasteiger partial charge >= 0.3 is 0 Å². The SMILES string of the molecule is CC([N+](=O)[O-])C(O)(c1ncc[nH]1)N(CCO)CCO. The van der Waals surface area contributed by atoms with E-state index in [-0.39, 0.29) is 32.1 Å². The summed E-state index contributed by atoms with van der Waals surface area (Å²) in [6.45, 7) is 0.553. The van der Waals surface area contributed by atoms with E-state index < -0.39 is 16.7 Å². The second-order valence-corrected chi connectivity index (χ2v) is 4.06. The molecule has 19 heavy (non-hydrogen) atoms. The van der Waals surface area contributed by atoms with Gasteiger partial charge < -0.3 is 20.3 Å². The average Bonchev–Trinajstić information content (AvgIpc) is 2.90. The van der Waals surface area contributed by atoms with Crippen molar-refractivity contribution in [2.75, 3.05) is 26.3 Å². The lowest BCUT2D eigenvalue weighted by molar-refractivity contribution is -0.554. The molecule has 1 aromatic heterocycles. The highest BCUT2D eigenvalue weighted by atomic mass is 16.6. The summed E-state index contributed by atoms with van der Waals surface area (Å²) in [4.78, 5) is 18.1. The lowest BCUT2D eigenvalue weighted by Crippen LogP contribution is -2.58. The largest absolute Gasteiger partial charge is 0.395 e. The molecular weight excluding hydrogens is 256 g/mol. The predicted molar refractivity (Wildman–Crippen MR) is 64.7 cm³/mol. The van der Waals surface area contributed by atoms with Crippen LogP contribution < -0.4 is 0 Å². The highest BCUT2D eigenvalue weighted by Gasteiger charge is 2.50. The molecule has 108 valence electrons. The van der Waals surface area contributed by atoms with Crippen molar-refractivity contribution >= 4 is 0 Å². The quantitative estimate of drug-likeness (QED) is 0.257. The van der Waals surface area contributed by atoms with E-state index in [0.29, 0.717) is 0 Å². The number of aromatic nitrogens is 2. The summed E-state index contributed by atoms with van der Waals surface area (Å²) < 4.78 is 0. The Morgan fingerprint density at radius 3 is 2.47 bits per heavy atom. The molecule has 2 atom stereocenters. The number of hydrogen-bond donors (Lipinski definition) is 4. The maximum absolute atomic E-state index is 11.0. The molecule has 0 bridgehead atoms. The van der Waals surface area contributed by atoms with Crippen LogP contribution in [0.15, 0.2) is 12.4 Å². The predicted octanol–water partition coefficient (Wildman–Crippen LogP) is -1.49. The monoisotopic (exact) mass is 274 g/mol. The maximum Gasteiger partial charge on any atom is 0.259 e. The van der Waals surface area contributed by atoms with Gasteiger partial charge in [0.15, 0.2) is 5.82 Å². The number of hydrogen-bond acceptors (Lipinski definition) is 7. The molecule has 0 saturated carbocycles. The molecule has 4 N–H and O–H groups in total. The Bertz CT molecular complexity index is 393. The second kappa shape index (κ2) is 6.57. The zero-order valence-corrected chi connectivity index (χ0v) is 10.6. The number of imidazole rings is 1. The van der Waals surface area contributed by atoms with Crippen LogP contribution in [0.4, 0.5) is 0 Å². The fourth-order valence-corrected chi connectivity index (χ4v) is 1.92. The second-order valence-electron chi connectivity index (χ2n) is 4.06. The van der Waals surface area contributed by atoms with Gasteiger partial charge in [-0.25, -0.2) is 4.98 Å². The molecule has 1 aromatic rings. The van der Waals surface area contributed by atoms with Gasteiger partial charge in [0.25, 0.3) is 6.04 Å². The highest BCUT2D eigenvalue weighted by molar-refractivity contribution is 5.04. The molecule has 9 nitrogen and oxygen atoms in total. The fraction of sp³-hybridized carbons (Fsp3) is 0.700. The molecule has 0 amide bonds. The third-order valence-corrected chi connectivity index (χ3v) is 2.97. The molecule has 0 saturated heterocycles. The number of nitrogens with one attached hydrogen (secondary N) is 1. The van der Waals surface area contributed by atoms with Gasteiger partial charge in [-0.15, -0.1) is 0 Å². The van der Waals surface area contributed by atoms with E-state index in [1.807, 2.05) is 0 Å². The normalized spacial score (nSPS) is 16.3. The first-order valence-electron chi connectivity index (χ1n) is 5.81. The minimum absolute atomic E-state index is 0.00130. The Morgan fingerprint density at radius 2 is 2.11 bits per heavy atom. The standard InChI is InChI=1S/C10H18N4O5/c1-8(14(18)19)10(17,9-11-2-3-12-9)13(4-6-15)5-7-16/h2-3,8,15-17H,4-7H2,1H3,(H,11,12). The van der Waals surface area contributed by atoms with Crippen LogP contribution in [-0.4, -0.2) is 67.5 Å². The van der Waals surface area contributed by atoms with Crippen LogP contribution in [0.25, 0.3) is 0 Å². The van der Waals surface area contributed by atoms with Crippen molar-refractivity contribution in [2.45, 2.75) is 18.7 Å². The topological polar surface area (TPSA) is 136 Å². The summed E-state index contributed by atoms with van der Waals surface area (Å²) in [5.74, 6) is -0.00130. The van der Waals surface area contributed by atoms with Crippen molar-refractivity contribution in [1.29, 1.82) is 0 Å². The average molecular weight is 274 g/mol. The summed E-state index contributed by atoms with van der Waals surface area (Å²) in [5.41, 5.74) is -2.03. The Hall–Kier alpha value is -1.55. The zero-order valence-electron chi connectivity index (χ0n) is 10.6. The van der Waals surface area contributed by atoms with E-state index in [4.69, 9.17) is 10.2 Å². The van der Waals surface area contributed by atoms with Gasteiger partial charge in [0.2, 0.25) is 5.72 Å². The van der Waals surface area contributed by atoms with Gasteiger partial charge in [0, 0.05) is 37.3 Å². The van der Waals surface area contributed by atoms with E-state index in [2.05, 4.69) is 9.97 Å². The van der Waals surface area contributed by atoms with E-state index in [1.54, 1.807) is 0 Å². The van der Waals surface area contributed by atoms with Crippen molar-refractivity contribution in [1.82, 2.24) is 14.9 Å². The Balaban J connectivity index is 3.20. The highest BCUT2D eigenvalue weighted by Crippen LogP contribution is 2.28. The number of aliphatic hydroxyl groups excluding tert-OH is 2.